The SMILES string of the molecule is CCOc1cccc(C=NC[C@@H](c2c(F)cccc2Cl)N(C)C)c1O. The number of halogens is 2. The van der Waals surface area contributed by atoms with Crippen molar-refractivity contribution in [3.05, 3.63) is 58.4 Å². The largest absolute Gasteiger partial charge is 0.504 e. The number of aliphatic imine (C=N–C) groups is 1. The fourth-order valence-electron chi connectivity index (χ4n) is 2.51. The Labute approximate surface area is 152 Å². The van der Waals surface area contributed by atoms with Crippen molar-refractivity contribution in [1.29, 1.82) is 0 Å². The number of ether oxygens (including phenoxy) is 1. The van der Waals surface area contributed by atoms with E-state index in [2.05, 4.69) is 4.99 Å². The maximum atomic E-state index is 14.2. The molecule has 2 rings (SSSR count). The van der Waals surface area contributed by atoms with Gasteiger partial charge < -0.3 is 14.7 Å². The van der Waals surface area contributed by atoms with Gasteiger partial charge in [0.15, 0.2) is 11.5 Å². The van der Waals surface area contributed by atoms with Crippen LogP contribution in [0.4, 0.5) is 4.39 Å². The molecule has 2 aromatic carbocycles. The maximum Gasteiger partial charge on any atom is 0.166 e. The summed E-state index contributed by atoms with van der Waals surface area (Å²) in [5.74, 6) is 0.0915. The molecule has 4 nitrogen and oxygen atoms in total. The zero-order chi connectivity index (χ0) is 18.4. The Morgan fingerprint density at radius 2 is 2.00 bits per heavy atom. The van der Waals surface area contributed by atoms with Crippen LogP contribution in [0.5, 0.6) is 11.5 Å². The van der Waals surface area contributed by atoms with Crippen molar-refractivity contribution in [3.63, 3.8) is 0 Å². The Balaban J connectivity index is 2.23. The summed E-state index contributed by atoms with van der Waals surface area (Å²) in [6.45, 7) is 2.61. The van der Waals surface area contributed by atoms with Gasteiger partial charge in [0.25, 0.3) is 0 Å². The van der Waals surface area contributed by atoms with Gasteiger partial charge in [0, 0.05) is 22.4 Å². The molecule has 0 saturated heterocycles. The van der Waals surface area contributed by atoms with Crippen molar-refractivity contribution in [2.75, 3.05) is 27.2 Å². The number of aromatic hydroxyl groups is 1. The monoisotopic (exact) mass is 364 g/mol. The van der Waals surface area contributed by atoms with Crippen LogP contribution in [0.25, 0.3) is 0 Å². The molecule has 134 valence electrons. The second kappa shape index (κ2) is 8.83. The van der Waals surface area contributed by atoms with E-state index < -0.39 is 0 Å². The van der Waals surface area contributed by atoms with Gasteiger partial charge in [-0.3, -0.25) is 4.99 Å². The van der Waals surface area contributed by atoms with Crippen LogP contribution in [0.15, 0.2) is 41.4 Å². The first-order valence-electron chi connectivity index (χ1n) is 8.00. The zero-order valence-corrected chi connectivity index (χ0v) is 15.3. The van der Waals surface area contributed by atoms with Crippen LogP contribution < -0.4 is 4.74 Å². The van der Waals surface area contributed by atoms with Crippen molar-refractivity contribution in [2.45, 2.75) is 13.0 Å². The second-order valence-electron chi connectivity index (χ2n) is 5.74. The number of hydrogen-bond acceptors (Lipinski definition) is 4. The highest BCUT2D eigenvalue weighted by Gasteiger charge is 2.20. The fraction of sp³-hybridized carbons (Fsp3) is 0.316. The highest BCUT2D eigenvalue weighted by molar-refractivity contribution is 6.31. The molecule has 0 spiro atoms. The van der Waals surface area contributed by atoms with Crippen molar-refractivity contribution >= 4 is 17.8 Å². The number of nitrogens with zero attached hydrogens (tertiary/aromatic N) is 2. The van der Waals surface area contributed by atoms with Gasteiger partial charge in [-0.05, 0) is 45.3 Å². The number of rotatable bonds is 7. The molecule has 0 amide bonds. The molecule has 0 aliphatic heterocycles. The second-order valence-corrected chi connectivity index (χ2v) is 6.14. The molecule has 0 heterocycles. The molecule has 0 bridgehead atoms. The van der Waals surface area contributed by atoms with Gasteiger partial charge >= 0.3 is 0 Å². The first-order chi connectivity index (χ1) is 12.0. The minimum absolute atomic E-state index is 0.0402. The molecule has 0 fully saturated rings. The summed E-state index contributed by atoms with van der Waals surface area (Å²) in [5.41, 5.74) is 0.960. The molecule has 0 unspecified atom stereocenters. The standard InChI is InChI=1S/C19H22ClFN2O2/c1-4-25-17-10-5-7-13(19(17)24)11-22-12-16(23(2)3)18-14(20)8-6-9-15(18)21/h5-11,16,24H,4,12H2,1-3H3/t16-/m0/s1. The normalized spacial score (nSPS) is 12.7. The first-order valence-corrected chi connectivity index (χ1v) is 8.38. The quantitative estimate of drug-likeness (QED) is 0.745. The van der Waals surface area contributed by atoms with Gasteiger partial charge in [-0.25, -0.2) is 4.39 Å². The maximum absolute atomic E-state index is 14.2. The van der Waals surface area contributed by atoms with Crippen molar-refractivity contribution in [2.24, 2.45) is 4.99 Å². The average Bonchev–Trinajstić information content (AvgIpc) is 2.56. The Morgan fingerprint density at radius 1 is 1.28 bits per heavy atom. The number of phenolic OH excluding ortho intramolecular Hbond substituents is 1. The van der Waals surface area contributed by atoms with E-state index in [1.807, 2.05) is 25.9 Å². The number of benzene rings is 2. The molecule has 0 aliphatic carbocycles. The van der Waals surface area contributed by atoms with E-state index in [1.165, 1.54) is 6.07 Å². The van der Waals surface area contributed by atoms with Gasteiger partial charge in [0.1, 0.15) is 5.82 Å². The molecule has 0 aromatic heterocycles. The van der Waals surface area contributed by atoms with Crippen LogP contribution >= 0.6 is 11.6 Å². The molecule has 1 N–H and O–H groups in total. The van der Waals surface area contributed by atoms with E-state index in [0.717, 1.165) is 0 Å². The number of phenols is 1. The van der Waals surface area contributed by atoms with E-state index in [1.54, 1.807) is 36.5 Å². The lowest BCUT2D eigenvalue weighted by Crippen LogP contribution is -2.24. The van der Waals surface area contributed by atoms with Crippen LogP contribution in [0.3, 0.4) is 0 Å². The van der Waals surface area contributed by atoms with Crippen LogP contribution in [0.1, 0.15) is 24.1 Å². The predicted octanol–water partition coefficient (Wildman–Crippen LogP) is 4.31. The molecular formula is C19H22ClFN2O2. The Hall–Kier alpha value is -2.11. The van der Waals surface area contributed by atoms with E-state index >= 15 is 0 Å². The predicted molar refractivity (Wildman–Crippen MR) is 99.6 cm³/mol. The lowest BCUT2D eigenvalue weighted by molar-refractivity contribution is 0.299. The molecule has 1 atom stereocenters. The Morgan fingerprint density at radius 3 is 2.64 bits per heavy atom. The van der Waals surface area contributed by atoms with Crippen molar-refractivity contribution in [3.8, 4) is 11.5 Å². The summed E-state index contributed by atoms with van der Waals surface area (Å²) in [4.78, 5) is 6.24. The summed E-state index contributed by atoms with van der Waals surface area (Å²) in [6, 6.07) is 9.52. The average molecular weight is 365 g/mol. The summed E-state index contributed by atoms with van der Waals surface area (Å²) >= 11 is 6.17. The number of hydrogen-bond donors (Lipinski definition) is 1. The van der Waals surface area contributed by atoms with E-state index in [4.69, 9.17) is 16.3 Å². The number of para-hydroxylation sites is 1. The molecule has 0 aliphatic rings. The zero-order valence-electron chi connectivity index (χ0n) is 14.5. The van der Waals surface area contributed by atoms with Crippen LogP contribution in [-0.2, 0) is 0 Å². The van der Waals surface area contributed by atoms with Gasteiger partial charge in [0.05, 0.1) is 19.2 Å². The van der Waals surface area contributed by atoms with Gasteiger partial charge in [-0.15, -0.1) is 0 Å². The summed E-state index contributed by atoms with van der Waals surface area (Å²) in [7, 11) is 3.69. The summed E-state index contributed by atoms with van der Waals surface area (Å²) < 4.78 is 19.6. The topological polar surface area (TPSA) is 45.1 Å². The van der Waals surface area contributed by atoms with Crippen molar-refractivity contribution in [1.82, 2.24) is 4.90 Å². The van der Waals surface area contributed by atoms with Crippen LogP contribution in [0.2, 0.25) is 5.02 Å². The van der Waals surface area contributed by atoms with Crippen LogP contribution in [-0.4, -0.2) is 43.5 Å². The third-order valence-electron chi connectivity index (χ3n) is 3.80. The van der Waals surface area contributed by atoms with Gasteiger partial charge in [-0.1, -0.05) is 23.7 Å². The summed E-state index contributed by atoms with van der Waals surface area (Å²) in [6.07, 6.45) is 1.56. The molecule has 0 saturated carbocycles. The van der Waals surface area contributed by atoms with Gasteiger partial charge in [0.2, 0.25) is 0 Å². The molecule has 0 radical (unpaired) electrons. The first kappa shape index (κ1) is 19.2. The van der Waals surface area contributed by atoms with E-state index in [-0.39, 0.29) is 17.6 Å². The summed E-state index contributed by atoms with van der Waals surface area (Å²) in [5, 5.41) is 10.6. The highest BCUT2D eigenvalue weighted by Crippen LogP contribution is 2.30. The van der Waals surface area contributed by atoms with E-state index in [9.17, 15) is 9.50 Å². The fourth-order valence-corrected chi connectivity index (χ4v) is 2.80. The molecule has 25 heavy (non-hydrogen) atoms. The van der Waals surface area contributed by atoms with E-state index in [0.29, 0.717) is 35.1 Å². The Kier molecular flexibility index (Phi) is 6.79. The highest BCUT2D eigenvalue weighted by atomic mass is 35.5. The third kappa shape index (κ3) is 4.71. The molecular weight excluding hydrogens is 343 g/mol. The Bertz CT molecular complexity index is 730. The minimum atomic E-state index is -0.359. The van der Waals surface area contributed by atoms with Crippen molar-refractivity contribution < 1.29 is 14.2 Å². The minimum Gasteiger partial charge on any atom is -0.504 e. The third-order valence-corrected chi connectivity index (χ3v) is 4.12. The van der Waals surface area contributed by atoms with Crippen LogP contribution in [0, 0.1) is 5.82 Å². The lowest BCUT2D eigenvalue weighted by atomic mass is 10.1. The molecule has 2 aromatic rings. The molecule has 6 heteroatoms. The number of likely N-dealkylation sites (N-methyl/N-ethyl adjacent to an activating group) is 1. The van der Waals surface area contributed by atoms with Gasteiger partial charge in [-0.2, -0.15) is 0 Å². The smallest absolute Gasteiger partial charge is 0.166 e. The lowest BCUT2D eigenvalue weighted by Gasteiger charge is -2.24.